The van der Waals surface area contributed by atoms with Crippen molar-refractivity contribution >= 4 is 12.0 Å². The molecule has 2 rings (SSSR count). The van der Waals surface area contributed by atoms with Crippen LogP contribution in [0.1, 0.15) is 65.3 Å². The molecule has 1 aromatic rings. The summed E-state index contributed by atoms with van der Waals surface area (Å²) in [5, 5.41) is 15.6. The number of nitrogens with zero attached hydrogens (tertiary/aromatic N) is 3. The second kappa shape index (κ2) is 6.24. The summed E-state index contributed by atoms with van der Waals surface area (Å²) in [5.74, 6) is 0.198. The highest BCUT2D eigenvalue weighted by atomic mass is 16.6. The lowest BCUT2D eigenvalue weighted by atomic mass is 10.1. The Morgan fingerprint density at radius 2 is 2.00 bits per heavy atom. The molecule has 0 aliphatic heterocycles. The zero-order valence-electron chi connectivity index (χ0n) is 12.5. The smallest absolute Gasteiger partial charge is 0.323 e. The molecule has 20 heavy (non-hydrogen) atoms. The third-order valence-corrected chi connectivity index (χ3v) is 3.27. The molecule has 0 saturated heterocycles. The van der Waals surface area contributed by atoms with E-state index < -0.39 is 11.7 Å². The molecule has 0 bridgehead atoms. The van der Waals surface area contributed by atoms with E-state index in [9.17, 15) is 5.11 Å². The fourth-order valence-electron chi connectivity index (χ4n) is 2.37. The summed E-state index contributed by atoms with van der Waals surface area (Å²) in [4.78, 5) is 3.77. The van der Waals surface area contributed by atoms with Gasteiger partial charge in [-0.25, -0.2) is 0 Å². The molecular formula is C14H23N3O3. The van der Waals surface area contributed by atoms with Crippen molar-refractivity contribution < 1.29 is 19.0 Å². The van der Waals surface area contributed by atoms with Gasteiger partial charge in [-0.05, 0) is 17.5 Å². The Labute approximate surface area is 119 Å². The summed E-state index contributed by atoms with van der Waals surface area (Å²) in [5.41, 5.74) is -0.558. The van der Waals surface area contributed by atoms with Gasteiger partial charge in [0.25, 0.3) is 6.20 Å². The minimum absolute atomic E-state index is 0.198. The van der Waals surface area contributed by atoms with Gasteiger partial charge in [0, 0.05) is 18.4 Å². The molecule has 112 valence electrons. The van der Waals surface area contributed by atoms with E-state index in [0.717, 1.165) is 12.8 Å². The van der Waals surface area contributed by atoms with Gasteiger partial charge in [-0.1, -0.05) is 33.6 Å². The van der Waals surface area contributed by atoms with Crippen LogP contribution in [0.5, 0.6) is 0 Å². The Morgan fingerprint density at radius 3 is 2.60 bits per heavy atom. The lowest BCUT2D eigenvalue weighted by Gasteiger charge is -2.28. The maximum absolute atomic E-state index is 11.6. The van der Waals surface area contributed by atoms with E-state index in [4.69, 9.17) is 9.26 Å². The standard InChI is InChI=1S/C14H23N3O3/c1-14(2,3)19-13(18)15-12-10-17(16-20-12)11-8-6-4-5-7-9-11/h10-11H,4-9H2,1-3H3. The third-order valence-electron chi connectivity index (χ3n) is 3.27. The predicted molar refractivity (Wildman–Crippen MR) is 71.4 cm³/mol. The average molecular weight is 281 g/mol. The minimum atomic E-state index is -0.651. The predicted octanol–water partition coefficient (Wildman–Crippen LogP) is 2.02. The van der Waals surface area contributed by atoms with Gasteiger partial charge in [-0.2, -0.15) is 4.99 Å². The van der Waals surface area contributed by atoms with Crippen LogP contribution >= 0.6 is 0 Å². The number of rotatable bonds is 2. The van der Waals surface area contributed by atoms with E-state index in [0.29, 0.717) is 6.04 Å². The molecule has 6 nitrogen and oxygen atoms in total. The number of aliphatic imine (C=N–C) groups is 1. The van der Waals surface area contributed by atoms with Crippen LogP contribution in [0.2, 0.25) is 0 Å². The second-order valence-corrected chi connectivity index (χ2v) is 6.26. The molecule has 1 aliphatic rings. The van der Waals surface area contributed by atoms with Crippen LogP contribution in [0.25, 0.3) is 0 Å². The summed E-state index contributed by atoms with van der Waals surface area (Å²) in [6.07, 6.45) is 8.22. The molecule has 1 aromatic heterocycles. The van der Waals surface area contributed by atoms with E-state index >= 15 is 0 Å². The lowest BCUT2D eigenvalue weighted by molar-refractivity contribution is -0.786. The number of aromatic nitrogens is 2. The van der Waals surface area contributed by atoms with Crippen molar-refractivity contribution in [3.8, 4) is 0 Å². The first-order chi connectivity index (χ1) is 9.44. The van der Waals surface area contributed by atoms with Crippen molar-refractivity contribution in [2.24, 2.45) is 4.99 Å². The average Bonchev–Trinajstić information content (AvgIpc) is 2.61. The highest BCUT2D eigenvalue weighted by Crippen LogP contribution is 2.23. The molecule has 0 unspecified atom stereocenters. The third kappa shape index (κ3) is 4.51. The molecule has 0 radical (unpaired) electrons. The van der Waals surface area contributed by atoms with Gasteiger partial charge >= 0.3 is 5.88 Å². The SMILES string of the molecule is CC(C)(C)O/C([O-])=N/c1c[n+](C2CCCCCC2)no1. The molecule has 0 N–H and O–H groups in total. The molecule has 1 fully saturated rings. The Morgan fingerprint density at radius 1 is 1.35 bits per heavy atom. The lowest BCUT2D eigenvalue weighted by Crippen LogP contribution is -2.40. The first-order valence-corrected chi connectivity index (χ1v) is 7.27. The molecule has 6 heteroatoms. The maximum atomic E-state index is 11.6. The fourth-order valence-corrected chi connectivity index (χ4v) is 2.37. The highest BCUT2D eigenvalue weighted by Gasteiger charge is 2.25. The van der Waals surface area contributed by atoms with Gasteiger partial charge in [0.05, 0.1) is 0 Å². The summed E-state index contributed by atoms with van der Waals surface area (Å²) >= 11 is 0. The molecule has 0 aromatic carbocycles. The van der Waals surface area contributed by atoms with Crippen molar-refractivity contribution in [3.63, 3.8) is 0 Å². The zero-order chi connectivity index (χ0) is 14.6. The summed E-state index contributed by atoms with van der Waals surface area (Å²) in [6.45, 7) is 5.39. The van der Waals surface area contributed by atoms with Crippen molar-refractivity contribution in [2.75, 3.05) is 0 Å². The second-order valence-electron chi connectivity index (χ2n) is 6.26. The minimum Gasteiger partial charge on any atom is -0.594 e. The van der Waals surface area contributed by atoms with E-state index in [1.165, 1.54) is 25.7 Å². The van der Waals surface area contributed by atoms with Gasteiger partial charge in [-0.15, -0.1) is 0 Å². The topological polar surface area (TPSA) is 74.6 Å². The Bertz CT molecular complexity index is 454. The molecular weight excluding hydrogens is 258 g/mol. The first kappa shape index (κ1) is 14.8. The normalized spacial score (nSPS) is 18.9. The Balaban J connectivity index is 2.02. The van der Waals surface area contributed by atoms with Crippen molar-refractivity contribution in [2.45, 2.75) is 70.9 Å². The highest BCUT2D eigenvalue weighted by molar-refractivity contribution is 5.65. The van der Waals surface area contributed by atoms with Crippen LogP contribution in [0.4, 0.5) is 5.88 Å². The quantitative estimate of drug-likeness (QED) is 0.360. The van der Waals surface area contributed by atoms with Crippen molar-refractivity contribution in [1.29, 1.82) is 0 Å². The van der Waals surface area contributed by atoms with Crippen molar-refractivity contribution in [1.82, 2.24) is 5.27 Å². The molecule has 0 spiro atoms. The van der Waals surface area contributed by atoms with Crippen LogP contribution in [-0.4, -0.2) is 17.0 Å². The van der Waals surface area contributed by atoms with Crippen LogP contribution < -0.4 is 9.79 Å². The van der Waals surface area contributed by atoms with E-state index in [1.807, 2.05) is 0 Å². The van der Waals surface area contributed by atoms with Crippen molar-refractivity contribution in [3.05, 3.63) is 6.20 Å². The maximum Gasteiger partial charge on any atom is 0.323 e. The molecule has 1 aliphatic carbocycles. The van der Waals surface area contributed by atoms with Crippen LogP contribution in [0.3, 0.4) is 0 Å². The Kier molecular flexibility index (Phi) is 4.62. The first-order valence-electron chi connectivity index (χ1n) is 7.27. The van der Waals surface area contributed by atoms with Gasteiger partial charge in [0.15, 0.2) is 12.1 Å². The summed E-state index contributed by atoms with van der Waals surface area (Å²) in [7, 11) is 0. The summed E-state index contributed by atoms with van der Waals surface area (Å²) < 4.78 is 12.0. The Hall–Kier alpha value is -1.59. The summed E-state index contributed by atoms with van der Waals surface area (Å²) in [6, 6.07) is 0.351. The fraction of sp³-hybridized carbons (Fsp3) is 0.786. The largest absolute Gasteiger partial charge is 0.594 e. The van der Waals surface area contributed by atoms with Crippen LogP contribution in [0.15, 0.2) is 15.7 Å². The number of ether oxygens (including phenoxy) is 1. The molecule has 0 atom stereocenters. The molecule has 1 saturated carbocycles. The molecule has 1 heterocycles. The van der Waals surface area contributed by atoms with Crippen LogP contribution in [-0.2, 0) is 4.74 Å². The monoisotopic (exact) mass is 281 g/mol. The van der Waals surface area contributed by atoms with Gasteiger partial charge in [0.1, 0.15) is 0 Å². The molecule has 0 amide bonds. The van der Waals surface area contributed by atoms with E-state index in [2.05, 4.69) is 10.3 Å². The number of hydrogen-bond donors (Lipinski definition) is 0. The van der Waals surface area contributed by atoms with E-state index in [-0.39, 0.29) is 5.88 Å². The van der Waals surface area contributed by atoms with Gasteiger partial charge in [0.2, 0.25) is 5.27 Å². The van der Waals surface area contributed by atoms with Gasteiger partial charge < -0.3 is 9.84 Å². The zero-order valence-corrected chi connectivity index (χ0v) is 12.5. The van der Waals surface area contributed by atoms with Gasteiger partial charge in [-0.3, -0.25) is 4.52 Å². The number of hydrogen-bond acceptors (Lipinski definition) is 5. The van der Waals surface area contributed by atoms with E-state index in [1.54, 1.807) is 31.6 Å². The van der Waals surface area contributed by atoms with Crippen LogP contribution in [0, 0.1) is 0 Å².